The lowest BCUT2D eigenvalue weighted by Gasteiger charge is -2.07. The van der Waals surface area contributed by atoms with E-state index in [2.05, 4.69) is 20.5 Å². The van der Waals surface area contributed by atoms with Gasteiger partial charge in [-0.2, -0.15) is 5.10 Å². The molecule has 1 aliphatic carbocycles. The molecule has 8 heteroatoms. The number of anilines is 1. The molecule has 2 N–H and O–H groups in total. The van der Waals surface area contributed by atoms with Gasteiger partial charge in [-0.25, -0.2) is 4.98 Å². The topological polar surface area (TPSA) is 97.0 Å². The monoisotopic (exact) mass is 356 g/mol. The Morgan fingerprint density at radius 1 is 1.40 bits per heavy atom. The summed E-state index contributed by atoms with van der Waals surface area (Å²) in [7, 11) is 0. The van der Waals surface area contributed by atoms with Crippen LogP contribution in [0.2, 0.25) is 0 Å². The van der Waals surface area contributed by atoms with Crippen molar-refractivity contribution in [2.45, 2.75) is 25.7 Å². The molecular formula is C17H16N4O3S. The molecule has 1 aliphatic rings. The average Bonchev–Trinajstić information content (AvgIpc) is 3.27. The van der Waals surface area contributed by atoms with E-state index in [0.717, 1.165) is 27.9 Å². The van der Waals surface area contributed by atoms with E-state index in [1.165, 1.54) is 11.3 Å². The molecule has 0 bridgehead atoms. The zero-order valence-electron chi connectivity index (χ0n) is 13.5. The Morgan fingerprint density at radius 3 is 3.08 bits per heavy atom. The number of carbonyl (C=O) groups excluding carboxylic acids is 2. The Labute approximate surface area is 147 Å². The number of nitrogens with zero attached hydrogens (tertiary/aromatic N) is 2. The molecule has 7 nitrogen and oxygen atoms in total. The Kier molecular flexibility index (Phi) is 3.96. The van der Waals surface area contributed by atoms with Gasteiger partial charge in [0.15, 0.2) is 10.8 Å². The predicted molar refractivity (Wildman–Crippen MR) is 93.9 cm³/mol. The average molecular weight is 356 g/mol. The third-order valence-corrected chi connectivity index (χ3v) is 5.24. The van der Waals surface area contributed by atoms with Crippen molar-refractivity contribution in [3.63, 3.8) is 0 Å². The van der Waals surface area contributed by atoms with Crippen molar-refractivity contribution in [2.75, 3.05) is 11.9 Å². The van der Waals surface area contributed by atoms with Crippen LogP contribution in [0.3, 0.4) is 0 Å². The number of rotatable bonds is 4. The summed E-state index contributed by atoms with van der Waals surface area (Å²) < 4.78 is 5.10. The smallest absolute Gasteiger partial charge is 0.315 e. The Morgan fingerprint density at radius 2 is 2.24 bits per heavy atom. The van der Waals surface area contributed by atoms with Crippen molar-refractivity contribution in [3.05, 3.63) is 40.5 Å². The molecular weight excluding hydrogens is 340 g/mol. The predicted octanol–water partition coefficient (Wildman–Crippen LogP) is 2.86. The van der Waals surface area contributed by atoms with Crippen LogP contribution >= 0.6 is 11.3 Å². The lowest BCUT2D eigenvalue weighted by atomic mass is 10.1. The minimum absolute atomic E-state index is 0.247. The Balaban J connectivity index is 1.55. The summed E-state index contributed by atoms with van der Waals surface area (Å²) in [5.41, 5.74) is 1.86. The van der Waals surface area contributed by atoms with Crippen LogP contribution in [0.25, 0.3) is 10.9 Å². The maximum Gasteiger partial charge on any atom is 0.315 e. The second-order valence-corrected chi connectivity index (χ2v) is 6.83. The number of amides is 1. The number of ether oxygens (including phenoxy) is 1. The minimum atomic E-state index is -0.330. The maximum atomic E-state index is 12.5. The number of hydrogen-bond donors (Lipinski definition) is 2. The van der Waals surface area contributed by atoms with Gasteiger partial charge in [0.05, 0.1) is 17.8 Å². The molecule has 1 amide bonds. The molecule has 0 radical (unpaired) electrons. The zero-order valence-corrected chi connectivity index (χ0v) is 14.4. The SMILES string of the molecule is CCOC(=O)C1CCc2sc(NC(=O)c3n[nH]c4ccccc34)nc21. The largest absolute Gasteiger partial charge is 0.465 e. The number of hydrogen-bond acceptors (Lipinski definition) is 6. The van der Waals surface area contributed by atoms with E-state index < -0.39 is 0 Å². The lowest BCUT2D eigenvalue weighted by Crippen LogP contribution is -2.15. The molecule has 3 aromatic rings. The van der Waals surface area contributed by atoms with Crippen LogP contribution in [-0.4, -0.2) is 33.7 Å². The van der Waals surface area contributed by atoms with Gasteiger partial charge in [0.2, 0.25) is 0 Å². The third kappa shape index (κ3) is 2.78. The van der Waals surface area contributed by atoms with Crippen molar-refractivity contribution >= 4 is 39.2 Å². The fourth-order valence-electron chi connectivity index (χ4n) is 3.05. The van der Waals surface area contributed by atoms with Crippen molar-refractivity contribution in [1.82, 2.24) is 15.2 Å². The van der Waals surface area contributed by atoms with Crippen molar-refractivity contribution < 1.29 is 14.3 Å². The molecule has 0 saturated carbocycles. The van der Waals surface area contributed by atoms with Gasteiger partial charge in [-0.1, -0.05) is 18.2 Å². The molecule has 1 aromatic carbocycles. The van der Waals surface area contributed by atoms with Crippen LogP contribution in [0, 0.1) is 0 Å². The highest BCUT2D eigenvalue weighted by Gasteiger charge is 2.34. The number of carbonyl (C=O) groups is 2. The summed E-state index contributed by atoms with van der Waals surface area (Å²) in [4.78, 5) is 30.0. The number of H-pyrrole nitrogens is 1. The first-order valence-corrected chi connectivity index (χ1v) is 8.89. The van der Waals surface area contributed by atoms with E-state index in [0.29, 0.717) is 23.9 Å². The normalized spacial score (nSPS) is 16.0. The number of aromatic amines is 1. The first-order valence-electron chi connectivity index (χ1n) is 8.08. The molecule has 128 valence electrons. The first kappa shape index (κ1) is 15.8. The highest BCUT2D eigenvalue weighted by molar-refractivity contribution is 7.16. The highest BCUT2D eigenvalue weighted by Crippen LogP contribution is 2.39. The van der Waals surface area contributed by atoms with Crippen LogP contribution in [0.1, 0.15) is 40.3 Å². The Hall–Kier alpha value is -2.74. The second-order valence-electron chi connectivity index (χ2n) is 5.74. The summed E-state index contributed by atoms with van der Waals surface area (Å²) in [6.45, 7) is 2.14. The number of thiazole rings is 1. The standard InChI is InChI=1S/C17H16N4O3S/c1-2-24-16(23)10-7-8-12-13(10)18-17(25-12)19-15(22)14-9-5-3-4-6-11(9)20-21-14/h3-6,10H,2,7-8H2,1H3,(H,20,21)(H,18,19,22). The fourth-order valence-corrected chi connectivity index (χ4v) is 4.08. The molecule has 4 rings (SSSR count). The highest BCUT2D eigenvalue weighted by atomic mass is 32.1. The Bertz CT molecular complexity index is 962. The zero-order chi connectivity index (χ0) is 17.4. The van der Waals surface area contributed by atoms with Crippen LogP contribution < -0.4 is 5.32 Å². The number of aryl methyl sites for hydroxylation is 1. The fraction of sp³-hybridized carbons (Fsp3) is 0.294. The second kappa shape index (κ2) is 6.29. The van der Waals surface area contributed by atoms with Gasteiger partial charge in [-0.3, -0.25) is 20.0 Å². The number of nitrogens with one attached hydrogen (secondary N) is 2. The van der Waals surface area contributed by atoms with Crippen molar-refractivity contribution in [2.24, 2.45) is 0 Å². The molecule has 0 saturated heterocycles. The van der Waals surface area contributed by atoms with Crippen LogP contribution in [-0.2, 0) is 16.0 Å². The summed E-state index contributed by atoms with van der Waals surface area (Å²) in [6.07, 6.45) is 1.49. The number of para-hydroxylation sites is 1. The van der Waals surface area contributed by atoms with E-state index in [1.54, 1.807) is 6.92 Å². The van der Waals surface area contributed by atoms with E-state index in [9.17, 15) is 9.59 Å². The molecule has 0 aliphatic heterocycles. The first-order chi connectivity index (χ1) is 12.2. The number of benzene rings is 1. The van der Waals surface area contributed by atoms with Gasteiger partial charge in [-0.05, 0) is 25.8 Å². The van der Waals surface area contributed by atoms with E-state index >= 15 is 0 Å². The van der Waals surface area contributed by atoms with E-state index in [4.69, 9.17) is 4.74 Å². The summed E-state index contributed by atoms with van der Waals surface area (Å²) >= 11 is 1.40. The van der Waals surface area contributed by atoms with Gasteiger partial charge in [0.25, 0.3) is 5.91 Å². The van der Waals surface area contributed by atoms with E-state index in [-0.39, 0.29) is 17.8 Å². The quantitative estimate of drug-likeness (QED) is 0.701. The molecule has 0 fully saturated rings. The van der Waals surface area contributed by atoms with Gasteiger partial charge < -0.3 is 4.74 Å². The molecule has 1 atom stereocenters. The summed E-state index contributed by atoms with van der Waals surface area (Å²) in [5.74, 6) is -0.900. The van der Waals surface area contributed by atoms with Gasteiger partial charge in [-0.15, -0.1) is 11.3 Å². The maximum absolute atomic E-state index is 12.5. The van der Waals surface area contributed by atoms with E-state index in [1.807, 2.05) is 24.3 Å². The van der Waals surface area contributed by atoms with Gasteiger partial charge in [0.1, 0.15) is 5.92 Å². The van der Waals surface area contributed by atoms with Gasteiger partial charge in [0, 0.05) is 10.3 Å². The van der Waals surface area contributed by atoms with Crippen LogP contribution in [0.15, 0.2) is 24.3 Å². The van der Waals surface area contributed by atoms with Crippen LogP contribution in [0.5, 0.6) is 0 Å². The van der Waals surface area contributed by atoms with Crippen molar-refractivity contribution in [3.8, 4) is 0 Å². The van der Waals surface area contributed by atoms with Crippen molar-refractivity contribution in [1.29, 1.82) is 0 Å². The minimum Gasteiger partial charge on any atom is -0.465 e. The lowest BCUT2D eigenvalue weighted by molar-refractivity contribution is -0.145. The third-order valence-electron chi connectivity index (χ3n) is 4.19. The summed E-state index contributed by atoms with van der Waals surface area (Å²) in [6, 6.07) is 7.44. The number of aromatic nitrogens is 3. The molecule has 2 aromatic heterocycles. The molecule has 0 spiro atoms. The summed E-state index contributed by atoms with van der Waals surface area (Å²) in [5, 5.41) is 11.0. The molecule has 2 heterocycles. The molecule has 25 heavy (non-hydrogen) atoms. The number of fused-ring (bicyclic) bond motifs is 2. The number of esters is 1. The van der Waals surface area contributed by atoms with Gasteiger partial charge >= 0.3 is 5.97 Å². The van der Waals surface area contributed by atoms with Crippen LogP contribution in [0.4, 0.5) is 5.13 Å². The molecule has 1 unspecified atom stereocenters.